The van der Waals surface area contributed by atoms with Crippen molar-refractivity contribution in [2.75, 3.05) is 52.2 Å². The number of Topliss-reactive ketones (excluding diaryl/α,β-unsaturated/α-hetero) is 2. The highest BCUT2D eigenvalue weighted by atomic mass is 32.2. The zero-order valence-corrected chi connectivity index (χ0v) is 31.4. The molecule has 5 rings (SSSR count). The molecule has 1 N–H and O–H groups in total. The molecule has 12 nitrogen and oxygen atoms in total. The van der Waals surface area contributed by atoms with Crippen LogP contribution in [-0.4, -0.2) is 117 Å². The number of hydrogen-bond acceptors (Lipinski definition) is 12. The Balaban J connectivity index is 1.62. The summed E-state index contributed by atoms with van der Waals surface area (Å²) in [5.74, 6) is -4.96. The highest BCUT2D eigenvalue weighted by Crippen LogP contribution is 2.63. The molecular weight excluding hydrogens is 676 g/mol. The number of allylic oxidation sites excluding steroid dienone is 1. The van der Waals surface area contributed by atoms with Crippen molar-refractivity contribution < 1.29 is 46.9 Å². The molecule has 0 aromatic heterocycles. The van der Waals surface area contributed by atoms with Gasteiger partial charge in [0.1, 0.15) is 12.2 Å². The molecule has 51 heavy (non-hydrogen) atoms. The molecule has 1 aromatic rings. The highest BCUT2D eigenvalue weighted by molar-refractivity contribution is 7.91. The zero-order chi connectivity index (χ0) is 37.3. The Labute approximate surface area is 301 Å². The number of rotatable bonds is 14. The number of fused-ring (bicyclic) bond motifs is 4. The van der Waals surface area contributed by atoms with E-state index in [9.17, 15) is 32.7 Å². The Morgan fingerprint density at radius 1 is 1.06 bits per heavy atom. The van der Waals surface area contributed by atoms with Crippen molar-refractivity contribution in [3.05, 3.63) is 53.3 Å². The maximum absolute atomic E-state index is 14.5. The molecule has 1 heterocycles. The van der Waals surface area contributed by atoms with Crippen LogP contribution < -0.4 is 0 Å². The Hall–Kier alpha value is -3.39. The fraction of sp³-hybridized carbons (Fsp3) is 0.632. The summed E-state index contributed by atoms with van der Waals surface area (Å²) >= 11 is 0. The molecule has 13 heteroatoms. The molecule has 7 atom stereocenters. The largest absolute Gasteiger partial charge is 0.458 e. The maximum Gasteiger partial charge on any atom is 0.336 e. The Kier molecular flexibility index (Phi) is 11.6. The van der Waals surface area contributed by atoms with Gasteiger partial charge in [0, 0.05) is 49.7 Å². The molecule has 3 aliphatic carbocycles. The van der Waals surface area contributed by atoms with Gasteiger partial charge in [-0.2, -0.15) is 0 Å². The van der Waals surface area contributed by atoms with Crippen LogP contribution >= 0.6 is 0 Å². The third-order valence-electron chi connectivity index (χ3n) is 11.8. The third kappa shape index (κ3) is 7.19. The molecule has 4 aliphatic rings. The lowest BCUT2D eigenvalue weighted by Crippen LogP contribution is -2.63. The van der Waals surface area contributed by atoms with Gasteiger partial charge in [-0.15, -0.1) is 0 Å². The minimum Gasteiger partial charge on any atom is -0.458 e. The summed E-state index contributed by atoms with van der Waals surface area (Å²) in [4.78, 5) is 59.6. The number of ether oxygens (including phenoxy) is 3. The summed E-state index contributed by atoms with van der Waals surface area (Å²) in [5.41, 5.74) is -1.56. The van der Waals surface area contributed by atoms with E-state index in [0.717, 1.165) is 19.6 Å². The minimum atomic E-state index is -3.70. The summed E-state index contributed by atoms with van der Waals surface area (Å²) in [7, 11) is -2.25. The van der Waals surface area contributed by atoms with Gasteiger partial charge in [0.05, 0.1) is 34.9 Å². The van der Waals surface area contributed by atoms with Crippen LogP contribution in [0.2, 0.25) is 0 Å². The van der Waals surface area contributed by atoms with Crippen molar-refractivity contribution >= 4 is 33.3 Å². The third-order valence-corrected chi connectivity index (χ3v) is 13.5. The predicted molar refractivity (Wildman–Crippen MR) is 188 cm³/mol. The van der Waals surface area contributed by atoms with E-state index < -0.39 is 74.3 Å². The quantitative estimate of drug-likeness (QED) is 0.170. The molecular formula is C38H52N2O10S. The summed E-state index contributed by atoms with van der Waals surface area (Å²) < 4.78 is 44.2. The summed E-state index contributed by atoms with van der Waals surface area (Å²) in [6, 6.07) is 8.12. The normalized spacial score (nSPS) is 31.3. The number of sulfone groups is 1. The molecule has 280 valence electrons. The van der Waals surface area contributed by atoms with Crippen molar-refractivity contribution in [3.8, 4) is 0 Å². The Morgan fingerprint density at radius 2 is 1.75 bits per heavy atom. The highest BCUT2D eigenvalue weighted by Gasteiger charge is 2.67. The van der Waals surface area contributed by atoms with E-state index in [4.69, 9.17) is 14.2 Å². The lowest BCUT2D eigenvalue weighted by atomic mass is 9.50. The lowest BCUT2D eigenvalue weighted by Gasteiger charge is -2.56. The van der Waals surface area contributed by atoms with Crippen molar-refractivity contribution in [2.24, 2.45) is 22.7 Å². The van der Waals surface area contributed by atoms with Gasteiger partial charge in [-0.25, -0.2) is 13.2 Å². The molecule has 1 saturated carbocycles. The van der Waals surface area contributed by atoms with Crippen LogP contribution in [0.4, 0.5) is 0 Å². The predicted octanol–water partition coefficient (Wildman–Crippen LogP) is 3.13. The zero-order valence-electron chi connectivity index (χ0n) is 30.6. The molecule has 1 aliphatic heterocycles. The van der Waals surface area contributed by atoms with Gasteiger partial charge in [-0.1, -0.05) is 45.9 Å². The number of benzene rings is 1. The van der Waals surface area contributed by atoms with Gasteiger partial charge in [-0.05, 0) is 68.9 Å². The molecule has 0 bridgehead atoms. The Morgan fingerprint density at radius 3 is 2.37 bits per heavy atom. The van der Waals surface area contributed by atoms with E-state index in [1.807, 2.05) is 6.92 Å². The summed E-state index contributed by atoms with van der Waals surface area (Å²) in [6.07, 6.45) is 0.508. The number of methoxy groups -OCH3 is 1. The molecule has 1 saturated heterocycles. The van der Waals surface area contributed by atoms with Crippen LogP contribution in [0.3, 0.4) is 0 Å². The van der Waals surface area contributed by atoms with Crippen LogP contribution in [0.1, 0.15) is 60.3 Å². The van der Waals surface area contributed by atoms with Gasteiger partial charge >= 0.3 is 11.9 Å². The van der Waals surface area contributed by atoms with Crippen molar-refractivity contribution in [1.29, 1.82) is 0 Å². The van der Waals surface area contributed by atoms with Gasteiger partial charge in [0.25, 0.3) is 0 Å². The number of cyclic esters (lactones) is 1. The number of aliphatic hydroxyl groups is 1. The van der Waals surface area contributed by atoms with Crippen LogP contribution in [0.5, 0.6) is 0 Å². The van der Waals surface area contributed by atoms with Crippen LogP contribution in [-0.2, 0) is 43.2 Å². The summed E-state index contributed by atoms with van der Waals surface area (Å²) in [5, 5.41) is 11.1. The van der Waals surface area contributed by atoms with E-state index in [1.54, 1.807) is 30.0 Å². The van der Waals surface area contributed by atoms with E-state index in [1.165, 1.54) is 32.4 Å². The first-order valence-corrected chi connectivity index (χ1v) is 19.6. The average molecular weight is 729 g/mol. The van der Waals surface area contributed by atoms with Crippen LogP contribution in [0.15, 0.2) is 58.1 Å². The second-order valence-corrected chi connectivity index (χ2v) is 16.8. The first kappa shape index (κ1) is 38.8. The minimum absolute atomic E-state index is 0.0155. The number of hydrogen-bond donors (Lipinski definition) is 1. The molecule has 7 unspecified atom stereocenters. The van der Waals surface area contributed by atoms with E-state index in [2.05, 4.69) is 18.7 Å². The summed E-state index contributed by atoms with van der Waals surface area (Å²) in [6.45, 7) is 11.7. The first-order chi connectivity index (χ1) is 24.1. The average Bonchev–Trinajstić information content (AvgIpc) is 3.39. The number of carbonyl (C=O) groups is 4. The molecule has 2 fully saturated rings. The second kappa shape index (κ2) is 15.3. The van der Waals surface area contributed by atoms with Gasteiger partial charge in [0.15, 0.2) is 9.84 Å². The maximum atomic E-state index is 14.5. The van der Waals surface area contributed by atoms with Gasteiger partial charge in [0.2, 0.25) is 11.6 Å². The van der Waals surface area contributed by atoms with Crippen LogP contribution in [0.25, 0.3) is 0 Å². The topological polar surface area (TPSA) is 157 Å². The number of esters is 2. The van der Waals surface area contributed by atoms with Crippen molar-refractivity contribution in [2.45, 2.75) is 83.5 Å². The Bertz CT molecular complexity index is 1690. The lowest BCUT2D eigenvalue weighted by molar-refractivity contribution is -0.175. The van der Waals surface area contributed by atoms with E-state index in [0.29, 0.717) is 31.4 Å². The van der Waals surface area contributed by atoms with E-state index in [-0.39, 0.29) is 41.4 Å². The van der Waals surface area contributed by atoms with Crippen molar-refractivity contribution in [1.82, 2.24) is 9.80 Å². The fourth-order valence-corrected chi connectivity index (χ4v) is 10.2. The second-order valence-electron chi connectivity index (χ2n) is 14.7. The van der Waals surface area contributed by atoms with E-state index >= 15 is 0 Å². The monoisotopic (exact) mass is 728 g/mol. The fourth-order valence-electron chi connectivity index (χ4n) is 8.95. The molecule has 1 aromatic carbocycles. The SMILES string of the molecule is CCN(CC)CCCN(C=C1C(=O)OC(COC)C2(C)C3=C(C(=O)C(=O)C12)C1CCC(O)C1(C)CC3OC(C)=O)CCS(=O)(=O)c1ccccc1. The van der Waals surface area contributed by atoms with Gasteiger partial charge in [-0.3, -0.25) is 14.4 Å². The van der Waals surface area contributed by atoms with Gasteiger partial charge < -0.3 is 29.1 Å². The standard InChI is InChI=1S/C38H52N2O10S/c1-7-39(8-2)17-12-18-40(19-20-51(46,47)25-13-10-9-11-14-25)22-26-32-35(44)34(43)31-27-15-16-29(42)37(27,4)21-28(49-24(3)41)33(31)38(32,5)30(23-48-6)50-36(26)45/h9-11,13-14,22,27-30,32,42H,7-8,12,15-21,23H2,1-6H3. The molecule has 0 amide bonds. The smallest absolute Gasteiger partial charge is 0.336 e. The molecule has 0 radical (unpaired) electrons. The number of nitrogens with zero attached hydrogens (tertiary/aromatic N) is 2. The first-order valence-electron chi connectivity index (χ1n) is 18.0. The number of ketones is 2. The van der Waals surface area contributed by atoms with Crippen LogP contribution in [0, 0.1) is 22.7 Å². The number of carbonyl (C=O) groups excluding carboxylic acids is 4. The van der Waals surface area contributed by atoms with Crippen molar-refractivity contribution in [3.63, 3.8) is 0 Å². The molecule has 0 spiro atoms. The number of aliphatic hydroxyl groups excluding tert-OH is 1.